The first-order valence-electron chi connectivity index (χ1n) is 6.79. The van der Waals surface area contributed by atoms with Gasteiger partial charge in [0.2, 0.25) is 0 Å². The number of nitrogens with zero attached hydrogens (tertiary/aromatic N) is 1. The van der Waals surface area contributed by atoms with E-state index >= 15 is 0 Å². The second kappa shape index (κ2) is 6.18. The zero-order valence-electron chi connectivity index (χ0n) is 10.9. The number of likely N-dealkylation sites (tertiary alicyclic amines) is 1. The van der Waals surface area contributed by atoms with Crippen LogP contribution in [0.5, 0.6) is 0 Å². The van der Waals surface area contributed by atoms with E-state index in [-0.39, 0.29) is 0 Å². The van der Waals surface area contributed by atoms with Crippen LogP contribution >= 0.6 is 0 Å². The number of rotatable bonds is 4. The fraction of sp³-hybridized carbons (Fsp3) is 0.600. The van der Waals surface area contributed by atoms with Gasteiger partial charge in [-0.2, -0.15) is 0 Å². The van der Waals surface area contributed by atoms with E-state index in [1.165, 1.54) is 36.9 Å². The predicted molar refractivity (Wildman–Crippen MR) is 72.9 cm³/mol. The van der Waals surface area contributed by atoms with Crippen molar-refractivity contribution in [3.63, 3.8) is 0 Å². The molecule has 2 N–H and O–H groups in total. The summed E-state index contributed by atoms with van der Waals surface area (Å²) in [5.41, 5.74) is 8.51. The van der Waals surface area contributed by atoms with Gasteiger partial charge in [-0.05, 0) is 44.8 Å². The molecule has 1 atom stereocenters. The molecule has 17 heavy (non-hydrogen) atoms. The van der Waals surface area contributed by atoms with Crippen molar-refractivity contribution in [2.24, 2.45) is 5.73 Å². The molecule has 0 spiro atoms. The summed E-state index contributed by atoms with van der Waals surface area (Å²) >= 11 is 0. The lowest BCUT2D eigenvalue weighted by Crippen LogP contribution is -2.40. The molecule has 94 valence electrons. The van der Waals surface area contributed by atoms with Gasteiger partial charge in [-0.15, -0.1) is 0 Å². The molecular weight excluding hydrogens is 208 g/mol. The molecule has 0 aromatic heterocycles. The fourth-order valence-electron chi connectivity index (χ4n) is 2.83. The molecule has 1 heterocycles. The number of nitrogens with two attached hydrogens (primary N) is 1. The van der Waals surface area contributed by atoms with Crippen LogP contribution < -0.4 is 5.73 Å². The van der Waals surface area contributed by atoms with E-state index in [2.05, 4.69) is 36.1 Å². The van der Waals surface area contributed by atoms with Crippen molar-refractivity contribution in [1.29, 1.82) is 0 Å². The average molecular weight is 232 g/mol. The van der Waals surface area contributed by atoms with Gasteiger partial charge < -0.3 is 5.73 Å². The summed E-state index contributed by atoms with van der Waals surface area (Å²) in [7, 11) is 0. The van der Waals surface area contributed by atoms with Crippen molar-refractivity contribution in [2.45, 2.75) is 45.2 Å². The Bertz CT molecular complexity index is 347. The first-order chi connectivity index (χ1) is 8.29. The second-order valence-corrected chi connectivity index (χ2v) is 5.19. The van der Waals surface area contributed by atoms with Gasteiger partial charge in [-0.25, -0.2) is 0 Å². The van der Waals surface area contributed by atoms with E-state index in [4.69, 9.17) is 5.73 Å². The SMILES string of the molecule is Cc1cccc(CN2CCCCC2CCN)c1. The third kappa shape index (κ3) is 3.55. The topological polar surface area (TPSA) is 29.3 Å². The zero-order valence-corrected chi connectivity index (χ0v) is 10.9. The lowest BCUT2D eigenvalue weighted by Gasteiger charge is -2.35. The first kappa shape index (κ1) is 12.6. The van der Waals surface area contributed by atoms with Gasteiger partial charge in [0, 0.05) is 12.6 Å². The minimum absolute atomic E-state index is 0.703. The third-order valence-corrected chi connectivity index (χ3v) is 3.72. The van der Waals surface area contributed by atoms with Crippen LogP contribution in [0.15, 0.2) is 24.3 Å². The van der Waals surface area contributed by atoms with Crippen LogP contribution in [-0.2, 0) is 6.54 Å². The molecule has 0 saturated carbocycles. The minimum Gasteiger partial charge on any atom is -0.330 e. The summed E-state index contributed by atoms with van der Waals surface area (Å²) in [6.07, 6.45) is 5.18. The highest BCUT2D eigenvalue weighted by Crippen LogP contribution is 2.21. The number of hydrogen-bond acceptors (Lipinski definition) is 2. The molecule has 1 unspecified atom stereocenters. The Labute approximate surface area is 105 Å². The highest BCUT2D eigenvalue weighted by molar-refractivity contribution is 5.22. The van der Waals surface area contributed by atoms with Crippen LogP contribution in [0.1, 0.15) is 36.8 Å². The molecule has 0 aliphatic carbocycles. The van der Waals surface area contributed by atoms with Gasteiger partial charge in [0.15, 0.2) is 0 Å². The van der Waals surface area contributed by atoms with Gasteiger partial charge >= 0.3 is 0 Å². The molecule has 0 bridgehead atoms. The van der Waals surface area contributed by atoms with Crippen LogP contribution in [-0.4, -0.2) is 24.0 Å². The zero-order chi connectivity index (χ0) is 12.1. The van der Waals surface area contributed by atoms with E-state index in [1.54, 1.807) is 0 Å². The lowest BCUT2D eigenvalue weighted by molar-refractivity contribution is 0.134. The number of piperidine rings is 1. The van der Waals surface area contributed by atoms with Gasteiger partial charge in [0.05, 0.1) is 0 Å². The van der Waals surface area contributed by atoms with Crippen LogP contribution in [0.25, 0.3) is 0 Å². The Morgan fingerprint density at radius 3 is 3.00 bits per heavy atom. The van der Waals surface area contributed by atoms with Crippen molar-refractivity contribution in [1.82, 2.24) is 4.90 Å². The normalized spacial score (nSPS) is 21.6. The Balaban J connectivity index is 2.00. The molecule has 1 saturated heterocycles. The van der Waals surface area contributed by atoms with Crippen LogP contribution in [0.3, 0.4) is 0 Å². The molecule has 0 amide bonds. The number of hydrogen-bond donors (Lipinski definition) is 1. The number of benzene rings is 1. The highest BCUT2D eigenvalue weighted by Gasteiger charge is 2.21. The van der Waals surface area contributed by atoms with E-state index < -0.39 is 0 Å². The molecule has 2 heteroatoms. The van der Waals surface area contributed by atoms with Crippen molar-refractivity contribution in [3.05, 3.63) is 35.4 Å². The van der Waals surface area contributed by atoms with Crippen molar-refractivity contribution < 1.29 is 0 Å². The first-order valence-corrected chi connectivity index (χ1v) is 6.79. The summed E-state index contributed by atoms with van der Waals surface area (Å²) in [6.45, 7) is 5.30. The smallest absolute Gasteiger partial charge is 0.0236 e. The maximum Gasteiger partial charge on any atom is 0.0236 e. The molecule has 2 nitrogen and oxygen atoms in total. The maximum absolute atomic E-state index is 5.71. The van der Waals surface area contributed by atoms with Crippen molar-refractivity contribution in [2.75, 3.05) is 13.1 Å². The van der Waals surface area contributed by atoms with E-state index in [0.717, 1.165) is 19.5 Å². The van der Waals surface area contributed by atoms with Crippen molar-refractivity contribution >= 4 is 0 Å². The Hall–Kier alpha value is -0.860. The van der Waals surface area contributed by atoms with Gasteiger partial charge in [-0.1, -0.05) is 36.2 Å². The minimum atomic E-state index is 0.703. The van der Waals surface area contributed by atoms with Crippen LogP contribution in [0, 0.1) is 6.92 Å². The van der Waals surface area contributed by atoms with Gasteiger partial charge in [0.1, 0.15) is 0 Å². The molecule has 1 aliphatic heterocycles. The molecule has 0 radical (unpaired) electrons. The summed E-state index contributed by atoms with van der Waals surface area (Å²) in [5, 5.41) is 0. The standard InChI is InChI=1S/C15H24N2/c1-13-5-4-6-14(11-13)12-17-10-3-2-7-15(17)8-9-16/h4-6,11,15H,2-3,7-10,12,16H2,1H3. The summed E-state index contributed by atoms with van der Waals surface area (Å²) in [4.78, 5) is 2.62. The predicted octanol–water partition coefficient (Wildman–Crippen LogP) is 2.70. The third-order valence-electron chi connectivity index (χ3n) is 3.72. The second-order valence-electron chi connectivity index (χ2n) is 5.19. The van der Waals surface area contributed by atoms with Gasteiger partial charge in [-0.3, -0.25) is 4.90 Å². The maximum atomic E-state index is 5.71. The molecule has 2 rings (SSSR count). The molecule has 1 aromatic carbocycles. The Kier molecular flexibility index (Phi) is 4.57. The summed E-state index contributed by atoms with van der Waals surface area (Å²) in [6, 6.07) is 9.56. The molecule has 1 aromatic rings. The lowest BCUT2D eigenvalue weighted by atomic mass is 9.98. The van der Waals surface area contributed by atoms with Gasteiger partial charge in [0.25, 0.3) is 0 Å². The average Bonchev–Trinajstić information content (AvgIpc) is 2.32. The van der Waals surface area contributed by atoms with E-state index in [0.29, 0.717) is 6.04 Å². The fourth-order valence-corrected chi connectivity index (χ4v) is 2.83. The van der Waals surface area contributed by atoms with Crippen LogP contribution in [0.2, 0.25) is 0 Å². The molecular formula is C15H24N2. The van der Waals surface area contributed by atoms with Crippen molar-refractivity contribution in [3.8, 4) is 0 Å². The Morgan fingerprint density at radius 2 is 2.24 bits per heavy atom. The Morgan fingerprint density at radius 1 is 1.35 bits per heavy atom. The molecule has 1 aliphatic rings. The van der Waals surface area contributed by atoms with E-state index in [1.807, 2.05) is 0 Å². The highest BCUT2D eigenvalue weighted by atomic mass is 15.2. The quantitative estimate of drug-likeness (QED) is 0.865. The van der Waals surface area contributed by atoms with E-state index in [9.17, 15) is 0 Å². The number of aryl methyl sites for hydroxylation is 1. The monoisotopic (exact) mass is 232 g/mol. The van der Waals surface area contributed by atoms with Crippen LogP contribution in [0.4, 0.5) is 0 Å². The largest absolute Gasteiger partial charge is 0.330 e. The molecule has 1 fully saturated rings. The summed E-state index contributed by atoms with van der Waals surface area (Å²) in [5.74, 6) is 0. The summed E-state index contributed by atoms with van der Waals surface area (Å²) < 4.78 is 0.